The van der Waals surface area contributed by atoms with Crippen LogP contribution in [0.1, 0.15) is 36.6 Å². The largest absolute Gasteiger partial charge is 0.475 e. The maximum atomic E-state index is 5.78. The highest BCUT2D eigenvalue weighted by atomic mass is 16.5. The molecule has 2 aromatic carbocycles. The molecule has 1 atom stereocenters. The second kappa shape index (κ2) is 6.55. The number of benzene rings is 2. The van der Waals surface area contributed by atoms with Crippen molar-refractivity contribution in [2.75, 3.05) is 6.61 Å². The van der Waals surface area contributed by atoms with Gasteiger partial charge in [0.2, 0.25) is 5.90 Å². The lowest BCUT2D eigenvalue weighted by Crippen LogP contribution is -2.17. The van der Waals surface area contributed by atoms with Gasteiger partial charge in [0.05, 0.1) is 23.4 Å². The number of rotatable bonds is 4. The summed E-state index contributed by atoms with van der Waals surface area (Å²) in [5, 5.41) is 8.31. The lowest BCUT2D eigenvalue weighted by molar-refractivity contribution is 0.279. The predicted molar refractivity (Wildman–Crippen MR) is 111 cm³/mol. The molecule has 0 N–H and O–H groups in total. The minimum absolute atomic E-state index is 0.00581. The first kappa shape index (κ1) is 17.6. The third-order valence-corrected chi connectivity index (χ3v) is 5.21. The zero-order valence-corrected chi connectivity index (χ0v) is 16.6. The molecule has 0 saturated carbocycles. The van der Waals surface area contributed by atoms with Crippen molar-refractivity contribution in [3.63, 3.8) is 0 Å². The summed E-state index contributed by atoms with van der Waals surface area (Å²) in [6.07, 6.45) is 5.63. The SMILES string of the molecule is Cn1nnc2ccc(C(c3ccc(C4=NC(C)(C)CO4)cc3)n3ccnc3)cc21. The molecule has 1 aliphatic rings. The van der Waals surface area contributed by atoms with E-state index < -0.39 is 0 Å². The Morgan fingerprint density at radius 3 is 2.55 bits per heavy atom. The molecule has 0 radical (unpaired) electrons. The van der Waals surface area contributed by atoms with E-state index in [9.17, 15) is 0 Å². The molecule has 1 aliphatic heterocycles. The van der Waals surface area contributed by atoms with Crippen molar-refractivity contribution in [2.24, 2.45) is 12.0 Å². The highest BCUT2D eigenvalue weighted by molar-refractivity contribution is 5.95. The van der Waals surface area contributed by atoms with Gasteiger partial charge < -0.3 is 9.30 Å². The van der Waals surface area contributed by atoms with Gasteiger partial charge in [0.1, 0.15) is 12.1 Å². The summed E-state index contributed by atoms with van der Waals surface area (Å²) in [5.74, 6) is 0.711. The van der Waals surface area contributed by atoms with Crippen LogP contribution in [0.3, 0.4) is 0 Å². The van der Waals surface area contributed by atoms with Crippen molar-refractivity contribution >= 4 is 16.9 Å². The standard InChI is InChI=1S/C22H22N6O/c1-22(2)13-29-21(24-22)16-6-4-15(5-7-16)20(28-11-10-23-14-28)17-8-9-18-19(12-17)27(3)26-25-18/h4-12,14,20H,13H2,1-3H3. The number of hydrogen-bond acceptors (Lipinski definition) is 5. The van der Waals surface area contributed by atoms with Crippen LogP contribution in [0.25, 0.3) is 11.0 Å². The third-order valence-electron chi connectivity index (χ3n) is 5.21. The molecule has 1 unspecified atom stereocenters. The zero-order chi connectivity index (χ0) is 20.0. The fraction of sp³-hybridized carbons (Fsp3) is 0.273. The maximum absolute atomic E-state index is 5.78. The Bertz CT molecular complexity index is 1190. The van der Waals surface area contributed by atoms with Gasteiger partial charge >= 0.3 is 0 Å². The van der Waals surface area contributed by atoms with Crippen LogP contribution in [0.2, 0.25) is 0 Å². The molecule has 0 spiro atoms. The quantitative estimate of drug-likeness (QED) is 0.539. The summed E-state index contributed by atoms with van der Waals surface area (Å²) in [5.41, 5.74) is 5.01. The van der Waals surface area contributed by atoms with Crippen molar-refractivity contribution in [1.29, 1.82) is 0 Å². The van der Waals surface area contributed by atoms with Crippen molar-refractivity contribution in [2.45, 2.75) is 25.4 Å². The van der Waals surface area contributed by atoms with Crippen LogP contribution in [-0.2, 0) is 11.8 Å². The van der Waals surface area contributed by atoms with E-state index >= 15 is 0 Å². The number of aryl methyl sites for hydroxylation is 1. The van der Waals surface area contributed by atoms with E-state index in [1.807, 2.05) is 25.6 Å². The van der Waals surface area contributed by atoms with Crippen LogP contribution in [-0.4, -0.2) is 42.6 Å². The molecular formula is C22H22N6O. The fourth-order valence-corrected chi connectivity index (χ4v) is 3.72. The number of hydrogen-bond donors (Lipinski definition) is 0. The minimum Gasteiger partial charge on any atom is -0.475 e. The summed E-state index contributed by atoms with van der Waals surface area (Å²) >= 11 is 0. The van der Waals surface area contributed by atoms with Gasteiger partial charge in [-0.25, -0.2) is 14.7 Å². The van der Waals surface area contributed by atoms with Crippen LogP contribution >= 0.6 is 0 Å². The number of nitrogens with zero attached hydrogens (tertiary/aromatic N) is 6. The summed E-state index contributed by atoms with van der Waals surface area (Å²) in [6, 6.07) is 14.6. The van der Waals surface area contributed by atoms with Gasteiger partial charge in [-0.15, -0.1) is 5.10 Å². The van der Waals surface area contributed by atoms with Crippen molar-refractivity contribution in [1.82, 2.24) is 24.5 Å². The second-order valence-corrected chi connectivity index (χ2v) is 8.01. The monoisotopic (exact) mass is 386 g/mol. The number of fused-ring (bicyclic) bond motifs is 1. The Morgan fingerprint density at radius 1 is 1.07 bits per heavy atom. The van der Waals surface area contributed by atoms with Crippen LogP contribution < -0.4 is 0 Å². The third kappa shape index (κ3) is 3.18. The van der Waals surface area contributed by atoms with Gasteiger partial charge in [-0.1, -0.05) is 23.4 Å². The smallest absolute Gasteiger partial charge is 0.216 e. The Kier molecular flexibility index (Phi) is 3.97. The van der Waals surface area contributed by atoms with Crippen molar-refractivity contribution in [3.05, 3.63) is 77.9 Å². The van der Waals surface area contributed by atoms with Crippen LogP contribution in [0.4, 0.5) is 0 Å². The average molecular weight is 386 g/mol. The number of imidazole rings is 1. The Morgan fingerprint density at radius 2 is 1.86 bits per heavy atom. The summed E-state index contributed by atoms with van der Waals surface area (Å²) in [7, 11) is 1.91. The molecule has 2 aromatic heterocycles. The van der Waals surface area contributed by atoms with Crippen molar-refractivity contribution in [3.8, 4) is 0 Å². The minimum atomic E-state index is -0.167. The molecule has 5 rings (SSSR count). The first-order valence-electron chi connectivity index (χ1n) is 9.60. The lowest BCUT2D eigenvalue weighted by Gasteiger charge is -2.20. The summed E-state index contributed by atoms with van der Waals surface area (Å²) in [6.45, 7) is 4.76. The number of ether oxygens (including phenoxy) is 1. The highest BCUT2D eigenvalue weighted by Crippen LogP contribution is 2.29. The van der Waals surface area contributed by atoms with E-state index in [2.05, 4.69) is 75.1 Å². The molecule has 7 heteroatoms. The van der Waals surface area contributed by atoms with E-state index in [0.29, 0.717) is 12.5 Å². The van der Waals surface area contributed by atoms with Gasteiger partial charge in [0.15, 0.2) is 0 Å². The van der Waals surface area contributed by atoms with Gasteiger partial charge in [0.25, 0.3) is 0 Å². The van der Waals surface area contributed by atoms with E-state index in [1.165, 1.54) is 0 Å². The highest BCUT2D eigenvalue weighted by Gasteiger charge is 2.27. The van der Waals surface area contributed by atoms with Gasteiger partial charge in [-0.05, 0) is 49.2 Å². The summed E-state index contributed by atoms with van der Waals surface area (Å²) in [4.78, 5) is 8.93. The Labute approximate surface area is 168 Å². The second-order valence-electron chi connectivity index (χ2n) is 8.01. The lowest BCUT2D eigenvalue weighted by atomic mass is 9.97. The van der Waals surface area contributed by atoms with E-state index in [1.54, 1.807) is 10.9 Å². The van der Waals surface area contributed by atoms with Crippen LogP contribution in [0.5, 0.6) is 0 Å². The molecule has 146 valence electrons. The van der Waals surface area contributed by atoms with Crippen LogP contribution in [0.15, 0.2) is 66.2 Å². The molecular weight excluding hydrogens is 364 g/mol. The normalized spacial score (nSPS) is 16.6. The molecule has 4 aromatic rings. The van der Waals surface area contributed by atoms with Crippen molar-refractivity contribution < 1.29 is 4.74 Å². The molecule has 3 heterocycles. The number of aromatic nitrogens is 5. The zero-order valence-electron chi connectivity index (χ0n) is 16.6. The molecule has 0 saturated heterocycles. The van der Waals surface area contributed by atoms with E-state index in [0.717, 1.165) is 27.7 Å². The topological polar surface area (TPSA) is 70.1 Å². The van der Waals surface area contributed by atoms with Gasteiger partial charge in [0, 0.05) is 25.0 Å². The molecule has 29 heavy (non-hydrogen) atoms. The Hall–Kier alpha value is -3.48. The van der Waals surface area contributed by atoms with E-state index in [-0.39, 0.29) is 11.6 Å². The molecule has 0 fully saturated rings. The number of aliphatic imine (C=N–C) groups is 1. The first-order valence-corrected chi connectivity index (χ1v) is 9.60. The van der Waals surface area contributed by atoms with Gasteiger partial charge in [-0.3, -0.25) is 0 Å². The predicted octanol–water partition coefficient (Wildman–Crippen LogP) is 3.36. The van der Waals surface area contributed by atoms with Gasteiger partial charge in [-0.2, -0.15) is 0 Å². The molecule has 7 nitrogen and oxygen atoms in total. The Balaban J connectivity index is 1.56. The molecule has 0 amide bonds. The molecule has 0 bridgehead atoms. The maximum Gasteiger partial charge on any atom is 0.216 e. The fourth-order valence-electron chi connectivity index (χ4n) is 3.72. The van der Waals surface area contributed by atoms with Crippen LogP contribution in [0, 0.1) is 0 Å². The van der Waals surface area contributed by atoms with E-state index in [4.69, 9.17) is 4.74 Å². The average Bonchev–Trinajstić information content (AvgIpc) is 3.44. The molecule has 0 aliphatic carbocycles. The first-order chi connectivity index (χ1) is 14.0. The summed E-state index contributed by atoms with van der Waals surface area (Å²) < 4.78 is 9.68.